The lowest BCUT2D eigenvalue weighted by Crippen LogP contribution is -2.23. The summed E-state index contributed by atoms with van der Waals surface area (Å²) in [5.41, 5.74) is 7.09. The number of hydrogen-bond donors (Lipinski definition) is 2. The Morgan fingerprint density at radius 2 is 1.84 bits per heavy atom. The van der Waals surface area contributed by atoms with Crippen molar-refractivity contribution in [2.24, 2.45) is 0 Å². The minimum absolute atomic E-state index is 0.897. The van der Waals surface area contributed by atoms with Gasteiger partial charge in [-0.25, -0.2) is 4.79 Å². The molecule has 1 aromatic heterocycles. The molecular weight excluding hydrogens is 330 g/mol. The van der Waals surface area contributed by atoms with Crippen LogP contribution < -0.4 is 5.32 Å². The number of carbonyl (C=O) groups is 1. The number of benzene rings is 1. The quantitative estimate of drug-likeness (QED) is 0.800. The fraction of sp³-hybridized carbons (Fsp3) is 0.286. The highest BCUT2D eigenvalue weighted by Gasteiger charge is 2.24. The molecule has 1 aromatic carbocycles. The Morgan fingerprint density at radius 3 is 2.64 bits per heavy atom. The largest absolute Gasteiger partial charge is 0.478 e. The molecule has 2 aliphatic rings. The van der Waals surface area contributed by atoms with Gasteiger partial charge in [-0.3, -0.25) is 0 Å². The second-order valence-corrected chi connectivity index (χ2v) is 7.64. The normalized spacial score (nSPS) is 17.3. The number of hydrogen-bond acceptors (Lipinski definition) is 3. The molecule has 3 nitrogen and oxygen atoms in total. The Bertz CT molecular complexity index is 868. The van der Waals surface area contributed by atoms with Crippen molar-refractivity contribution >= 4 is 29.0 Å². The standard InChI is InChI=1S/C21H21NO2S/c23-19(24)8-7-17-13-16-6-5-14-3-1-2-4-18(14)20(21(16)25-17)15-9-11-22-12-10-15/h1-4,7-8,13,22H,5-6,9-12H2,(H,23,24). The summed E-state index contributed by atoms with van der Waals surface area (Å²) < 4.78 is 0. The van der Waals surface area contributed by atoms with Crippen molar-refractivity contribution in [2.75, 3.05) is 13.1 Å². The summed E-state index contributed by atoms with van der Waals surface area (Å²) in [6.45, 7) is 2.07. The molecule has 4 heteroatoms. The topological polar surface area (TPSA) is 49.3 Å². The van der Waals surface area contributed by atoms with Crippen LogP contribution in [0.1, 0.15) is 39.3 Å². The average molecular weight is 351 g/mol. The van der Waals surface area contributed by atoms with Crippen LogP contribution in [0.5, 0.6) is 0 Å². The summed E-state index contributed by atoms with van der Waals surface area (Å²) in [4.78, 5) is 13.2. The zero-order chi connectivity index (χ0) is 17.2. The molecule has 2 aromatic rings. The third-order valence-electron chi connectivity index (χ3n) is 4.96. The van der Waals surface area contributed by atoms with E-state index in [0.29, 0.717) is 0 Å². The van der Waals surface area contributed by atoms with E-state index in [1.807, 2.05) is 0 Å². The van der Waals surface area contributed by atoms with Crippen LogP contribution in [-0.2, 0) is 17.6 Å². The van der Waals surface area contributed by atoms with Crippen molar-refractivity contribution in [3.63, 3.8) is 0 Å². The summed E-state index contributed by atoms with van der Waals surface area (Å²) in [6, 6.07) is 10.9. The van der Waals surface area contributed by atoms with Crippen LogP contribution in [0, 0.1) is 0 Å². The number of aliphatic carboxylic acids is 1. The molecule has 1 fully saturated rings. The van der Waals surface area contributed by atoms with Gasteiger partial charge in [0.15, 0.2) is 0 Å². The number of piperidine rings is 1. The fourth-order valence-electron chi connectivity index (χ4n) is 3.79. The average Bonchev–Trinajstić information content (AvgIpc) is 2.96. The summed E-state index contributed by atoms with van der Waals surface area (Å²) in [5, 5.41) is 12.4. The minimum Gasteiger partial charge on any atom is -0.478 e. The molecule has 2 N–H and O–H groups in total. The highest BCUT2D eigenvalue weighted by Crippen LogP contribution is 2.42. The highest BCUT2D eigenvalue weighted by molar-refractivity contribution is 7.14. The predicted octanol–water partition coefficient (Wildman–Crippen LogP) is 4.13. The van der Waals surface area contributed by atoms with E-state index in [1.165, 1.54) is 38.8 Å². The van der Waals surface area contributed by atoms with Crippen molar-refractivity contribution in [3.8, 4) is 0 Å². The monoisotopic (exact) mass is 351 g/mol. The Balaban J connectivity index is 1.87. The lowest BCUT2D eigenvalue weighted by atomic mass is 9.90. The third kappa shape index (κ3) is 3.32. The first-order valence-corrected chi connectivity index (χ1v) is 9.59. The number of carboxylic acids is 1. The van der Waals surface area contributed by atoms with Gasteiger partial charge in [-0.1, -0.05) is 29.8 Å². The number of fused-ring (bicyclic) bond motifs is 2. The summed E-state index contributed by atoms with van der Waals surface area (Å²) in [6.07, 6.45) is 7.17. The predicted molar refractivity (Wildman–Crippen MR) is 103 cm³/mol. The molecule has 1 aliphatic heterocycles. The minimum atomic E-state index is -0.897. The van der Waals surface area contributed by atoms with E-state index in [2.05, 4.69) is 35.6 Å². The second-order valence-electron chi connectivity index (χ2n) is 6.56. The summed E-state index contributed by atoms with van der Waals surface area (Å²) >= 11 is 1.73. The van der Waals surface area contributed by atoms with Crippen LogP contribution in [0.2, 0.25) is 0 Å². The number of aryl methyl sites for hydroxylation is 2. The van der Waals surface area contributed by atoms with Crippen molar-refractivity contribution < 1.29 is 9.90 Å². The van der Waals surface area contributed by atoms with Crippen LogP contribution in [0.3, 0.4) is 0 Å². The van der Waals surface area contributed by atoms with Gasteiger partial charge in [0, 0.05) is 15.8 Å². The maximum atomic E-state index is 10.8. The molecule has 25 heavy (non-hydrogen) atoms. The molecule has 128 valence electrons. The van der Waals surface area contributed by atoms with Gasteiger partial charge in [0.25, 0.3) is 0 Å². The van der Waals surface area contributed by atoms with Gasteiger partial charge >= 0.3 is 5.97 Å². The first-order chi connectivity index (χ1) is 12.2. The zero-order valence-corrected chi connectivity index (χ0v) is 14.9. The molecule has 0 bridgehead atoms. The van der Waals surface area contributed by atoms with Crippen molar-refractivity contribution in [1.82, 2.24) is 5.32 Å². The second kappa shape index (κ2) is 6.98. The maximum absolute atomic E-state index is 10.8. The lowest BCUT2D eigenvalue weighted by molar-refractivity contribution is -0.131. The number of thiophene rings is 1. The third-order valence-corrected chi connectivity index (χ3v) is 6.12. The van der Waals surface area contributed by atoms with E-state index in [4.69, 9.17) is 5.11 Å². The first-order valence-electron chi connectivity index (χ1n) is 8.77. The van der Waals surface area contributed by atoms with Crippen LogP contribution >= 0.6 is 11.3 Å². The Labute approximate surface area is 151 Å². The van der Waals surface area contributed by atoms with E-state index >= 15 is 0 Å². The molecule has 2 heterocycles. The Morgan fingerprint density at radius 1 is 1.08 bits per heavy atom. The van der Waals surface area contributed by atoms with Crippen LogP contribution in [0.15, 0.2) is 42.0 Å². The van der Waals surface area contributed by atoms with Crippen molar-refractivity contribution in [3.05, 3.63) is 68.4 Å². The Hall–Kier alpha value is -2.17. The van der Waals surface area contributed by atoms with Crippen molar-refractivity contribution in [2.45, 2.75) is 25.7 Å². The Kier molecular flexibility index (Phi) is 4.55. The first kappa shape index (κ1) is 16.3. The SMILES string of the molecule is O=C(O)C=Cc1cc2c(s1)C(=C1CCNCC1)c1ccccc1CC2. The lowest BCUT2D eigenvalue weighted by Gasteiger charge is -2.21. The molecule has 1 saturated heterocycles. The van der Waals surface area contributed by atoms with E-state index in [9.17, 15) is 4.79 Å². The maximum Gasteiger partial charge on any atom is 0.328 e. The summed E-state index contributed by atoms with van der Waals surface area (Å²) in [7, 11) is 0. The molecule has 0 unspecified atom stereocenters. The van der Waals surface area contributed by atoms with Gasteiger partial charge in [0.2, 0.25) is 0 Å². The zero-order valence-electron chi connectivity index (χ0n) is 14.0. The van der Waals surface area contributed by atoms with Crippen LogP contribution in [0.4, 0.5) is 0 Å². The van der Waals surface area contributed by atoms with Gasteiger partial charge in [0.05, 0.1) is 0 Å². The van der Waals surface area contributed by atoms with Gasteiger partial charge in [-0.05, 0) is 73.2 Å². The van der Waals surface area contributed by atoms with Crippen LogP contribution in [-0.4, -0.2) is 24.2 Å². The van der Waals surface area contributed by atoms with E-state index in [-0.39, 0.29) is 0 Å². The molecule has 1 aliphatic carbocycles. The van der Waals surface area contributed by atoms with Gasteiger partial charge in [-0.2, -0.15) is 0 Å². The molecular formula is C21H21NO2S. The number of carboxylic acid groups (broad SMARTS) is 1. The smallest absolute Gasteiger partial charge is 0.328 e. The van der Waals surface area contributed by atoms with Crippen molar-refractivity contribution in [1.29, 1.82) is 0 Å². The fourth-order valence-corrected chi connectivity index (χ4v) is 5.01. The van der Waals surface area contributed by atoms with E-state index in [0.717, 1.165) is 43.6 Å². The molecule has 0 atom stereocenters. The summed E-state index contributed by atoms with van der Waals surface area (Å²) in [5.74, 6) is -0.897. The van der Waals surface area contributed by atoms with Gasteiger partial charge < -0.3 is 10.4 Å². The molecule has 0 saturated carbocycles. The van der Waals surface area contributed by atoms with E-state index < -0.39 is 5.97 Å². The van der Waals surface area contributed by atoms with Gasteiger partial charge in [-0.15, -0.1) is 11.3 Å². The van der Waals surface area contributed by atoms with Crippen LogP contribution in [0.25, 0.3) is 11.6 Å². The van der Waals surface area contributed by atoms with Gasteiger partial charge in [0.1, 0.15) is 0 Å². The number of rotatable bonds is 2. The molecule has 0 radical (unpaired) electrons. The molecule has 0 spiro atoms. The number of nitrogens with one attached hydrogen (secondary N) is 1. The highest BCUT2D eigenvalue weighted by atomic mass is 32.1. The molecule has 0 amide bonds. The van der Waals surface area contributed by atoms with E-state index in [1.54, 1.807) is 17.4 Å². The molecule has 4 rings (SSSR count).